The van der Waals surface area contributed by atoms with Crippen LogP contribution >= 0.6 is 24.0 Å². The van der Waals surface area contributed by atoms with Crippen LogP contribution in [0.2, 0.25) is 0 Å². The molecule has 0 saturated heterocycles. The second-order valence-corrected chi connectivity index (χ2v) is 5.74. The Morgan fingerprint density at radius 3 is 2.68 bits per heavy atom. The fourth-order valence-corrected chi connectivity index (χ4v) is 2.49. The molecule has 0 aliphatic carbocycles. The number of aromatic nitrogens is 3. The summed E-state index contributed by atoms with van der Waals surface area (Å²) in [5.41, 5.74) is 0.324. The Labute approximate surface area is 178 Å². The van der Waals surface area contributed by atoms with E-state index in [1.54, 1.807) is 25.4 Å². The number of hydrogen-bond acceptors (Lipinski definition) is 4. The predicted molar refractivity (Wildman–Crippen MR) is 113 cm³/mol. The molecule has 28 heavy (non-hydrogen) atoms. The molecule has 0 atom stereocenters. The number of aliphatic imine (C=N–C) groups is 1. The van der Waals surface area contributed by atoms with Gasteiger partial charge in [-0.3, -0.25) is 10.1 Å². The van der Waals surface area contributed by atoms with Gasteiger partial charge in [0.2, 0.25) is 5.82 Å². The lowest BCUT2D eigenvalue weighted by atomic mass is 10.1. The van der Waals surface area contributed by atoms with E-state index in [4.69, 9.17) is 4.42 Å². The van der Waals surface area contributed by atoms with Crippen molar-refractivity contribution < 1.29 is 13.2 Å². The molecule has 7 nitrogen and oxygen atoms in total. The van der Waals surface area contributed by atoms with E-state index in [-0.39, 0.29) is 24.0 Å². The van der Waals surface area contributed by atoms with Crippen LogP contribution in [0.15, 0.2) is 46.0 Å². The van der Waals surface area contributed by atoms with Crippen LogP contribution in [0.1, 0.15) is 11.4 Å². The SMILES string of the molecule is CN=C(NCCc1nc(-c2ccco2)n[nH]1)NCCc1cc(F)ccc1F.I. The van der Waals surface area contributed by atoms with Gasteiger partial charge in [0.1, 0.15) is 17.5 Å². The minimum atomic E-state index is -0.449. The molecule has 2 aromatic heterocycles. The van der Waals surface area contributed by atoms with E-state index < -0.39 is 11.6 Å². The lowest BCUT2D eigenvalue weighted by Gasteiger charge is -2.11. The summed E-state index contributed by atoms with van der Waals surface area (Å²) in [5, 5.41) is 13.2. The Balaban J connectivity index is 0.00000280. The van der Waals surface area contributed by atoms with Crippen LogP contribution in [-0.4, -0.2) is 41.3 Å². The third kappa shape index (κ3) is 6.01. The number of hydrogen-bond donors (Lipinski definition) is 3. The molecule has 3 rings (SSSR count). The Kier molecular flexibility index (Phi) is 8.36. The number of benzene rings is 1. The molecule has 3 N–H and O–H groups in total. The van der Waals surface area contributed by atoms with Crippen molar-refractivity contribution in [3.63, 3.8) is 0 Å². The van der Waals surface area contributed by atoms with Crippen molar-refractivity contribution in [1.29, 1.82) is 0 Å². The molecule has 0 aliphatic rings. The highest BCUT2D eigenvalue weighted by Crippen LogP contribution is 2.14. The van der Waals surface area contributed by atoms with E-state index in [2.05, 4.69) is 30.8 Å². The number of furan rings is 1. The highest BCUT2D eigenvalue weighted by Gasteiger charge is 2.08. The first kappa shape index (κ1) is 21.8. The van der Waals surface area contributed by atoms with Gasteiger partial charge in [0.05, 0.1) is 6.26 Å². The molecular formula is C18H21F2IN6O. The van der Waals surface area contributed by atoms with E-state index in [0.717, 1.165) is 12.1 Å². The summed E-state index contributed by atoms with van der Waals surface area (Å²) >= 11 is 0. The maximum absolute atomic E-state index is 13.6. The first-order chi connectivity index (χ1) is 13.2. The molecule has 10 heteroatoms. The van der Waals surface area contributed by atoms with Gasteiger partial charge in [0, 0.05) is 26.6 Å². The number of nitrogens with zero attached hydrogens (tertiary/aromatic N) is 3. The van der Waals surface area contributed by atoms with E-state index in [9.17, 15) is 8.78 Å². The summed E-state index contributed by atoms with van der Waals surface area (Å²) in [6.45, 7) is 0.992. The molecule has 2 heterocycles. The Morgan fingerprint density at radius 2 is 1.96 bits per heavy atom. The summed E-state index contributed by atoms with van der Waals surface area (Å²) in [4.78, 5) is 8.46. The number of H-pyrrole nitrogens is 1. The minimum absolute atomic E-state index is 0. The molecule has 0 aliphatic heterocycles. The van der Waals surface area contributed by atoms with Gasteiger partial charge in [-0.1, -0.05) is 0 Å². The maximum atomic E-state index is 13.6. The van der Waals surface area contributed by atoms with Crippen LogP contribution < -0.4 is 10.6 Å². The smallest absolute Gasteiger partial charge is 0.216 e. The standard InChI is InChI=1S/C18H20F2N6O.HI/c1-21-18(22-8-6-12-11-13(19)4-5-14(12)20)23-9-7-16-24-17(26-25-16)15-3-2-10-27-15;/h2-5,10-11H,6-9H2,1H3,(H2,21,22,23)(H,24,25,26);1H. The third-order valence-corrected chi connectivity index (χ3v) is 3.85. The molecule has 150 valence electrons. The predicted octanol–water partition coefficient (Wildman–Crippen LogP) is 2.91. The number of nitrogens with one attached hydrogen (secondary N) is 3. The van der Waals surface area contributed by atoms with Crippen molar-refractivity contribution in [2.24, 2.45) is 4.99 Å². The zero-order chi connectivity index (χ0) is 19.1. The largest absolute Gasteiger partial charge is 0.461 e. The second-order valence-electron chi connectivity index (χ2n) is 5.74. The quantitative estimate of drug-likeness (QED) is 0.263. The molecule has 0 unspecified atom stereocenters. The molecule has 0 spiro atoms. The zero-order valence-corrected chi connectivity index (χ0v) is 17.5. The fraction of sp³-hybridized carbons (Fsp3) is 0.278. The van der Waals surface area contributed by atoms with Crippen LogP contribution in [0, 0.1) is 11.6 Å². The summed E-state index contributed by atoms with van der Waals surface area (Å²) < 4.78 is 32.0. The summed E-state index contributed by atoms with van der Waals surface area (Å²) in [7, 11) is 1.64. The Bertz CT molecular complexity index is 897. The fourth-order valence-electron chi connectivity index (χ4n) is 2.49. The van der Waals surface area contributed by atoms with Crippen molar-refractivity contribution >= 4 is 29.9 Å². The van der Waals surface area contributed by atoms with E-state index in [1.165, 1.54) is 6.07 Å². The van der Waals surface area contributed by atoms with Crippen LogP contribution in [0.5, 0.6) is 0 Å². The van der Waals surface area contributed by atoms with Crippen LogP contribution in [-0.2, 0) is 12.8 Å². The summed E-state index contributed by atoms with van der Waals surface area (Å²) in [6, 6.07) is 7.00. The van der Waals surface area contributed by atoms with Gasteiger partial charge < -0.3 is 15.1 Å². The highest BCUT2D eigenvalue weighted by molar-refractivity contribution is 14.0. The number of rotatable bonds is 7. The second kappa shape index (κ2) is 10.7. The maximum Gasteiger partial charge on any atom is 0.216 e. The van der Waals surface area contributed by atoms with Gasteiger partial charge in [0.25, 0.3) is 0 Å². The van der Waals surface area contributed by atoms with Gasteiger partial charge in [-0.15, -0.1) is 24.0 Å². The van der Waals surface area contributed by atoms with Gasteiger partial charge >= 0.3 is 0 Å². The molecule has 0 bridgehead atoms. The molecule has 0 amide bonds. The summed E-state index contributed by atoms with van der Waals surface area (Å²) in [6.07, 6.45) is 2.52. The van der Waals surface area contributed by atoms with Crippen molar-refractivity contribution in [2.45, 2.75) is 12.8 Å². The molecule has 0 radical (unpaired) electrons. The van der Waals surface area contributed by atoms with Gasteiger partial charge in [-0.2, -0.15) is 5.10 Å². The van der Waals surface area contributed by atoms with E-state index in [1.807, 2.05) is 0 Å². The molecule has 0 saturated carbocycles. The highest BCUT2D eigenvalue weighted by atomic mass is 127. The Morgan fingerprint density at radius 1 is 1.18 bits per heavy atom. The zero-order valence-electron chi connectivity index (χ0n) is 15.2. The van der Waals surface area contributed by atoms with Crippen LogP contribution in [0.3, 0.4) is 0 Å². The lowest BCUT2D eigenvalue weighted by Crippen LogP contribution is -2.39. The monoisotopic (exact) mass is 502 g/mol. The van der Waals surface area contributed by atoms with Gasteiger partial charge in [0.15, 0.2) is 11.7 Å². The van der Waals surface area contributed by atoms with Crippen molar-refractivity contribution in [3.8, 4) is 11.6 Å². The molecular weight excluding hydrogens is 481 g/mol. The van der Waals surface area contributed by atoms with Crippen molar-refractivity contribution in [2.75, 3.05) is 20.1 Å². The lowest BCUT2D eigenvalue weighted by molar-refractivity contribution is 0.577. The Hall–Kier alpha value is -2.50. The molecule has 0 fully saturated rings. The molecule has 1 aromatic carbocycles. The van der Waals surface area contributed by atoms with Gasteiger partial charge in [-0.05, 0) is 42.3 Å². The average molecular weight is 502 g/mol. The van der Waals surface area contributed by atoms with Gasteiger partial charge in [-0.25, -0.2) is 13.8 Å². The minimum Gasteiger partial charge on any atom is -0.461 e. The first-order valence-electron chi connectivity index (χ1n) is 8.49. The topological polar surface area (TPSA) is 91.1 Å². The number of halogens is 3. The third-order valence-electron chi connectivity index (χ3n) is 3.85. The first-order valence-corrected chi connectivity index (χ1v) is 8.49. The average Bonchev–Trinajstić information content (AvgIpc) is 3.34. The normalized spacial score (nSPS) is 11.2. The van der Waals surface area contributed by atoms with Crippen LogP contribution in [0.4, 0.5) is 8.78 Å². The summed E-state index contributed by atoms with van der Waals surface area (Å²) in [5.74, 6) is 1.53. The van der Waals surface area contributed by atoms with Crippen molar-refractivity contribution in [1.82, 2.24) is 25.8 Å². The van der Waals surface area contributed by atoms with Crippen LogP contribution in [0.25, 0.3) is 11.6 Å². The number of guanidine groups is 1. The van der Waals surface area contributed by atoms with E-state index >= 15 is 0 Å². The molecule has 3 aromatic rings. The van der Waals surface area contributed by atoms with E-state index in [0.29, 0.717) is 54.9 Å². The van der Waals surface area contributed by atoms with Crippen molar-refractivity contribution in [3.05, 3.63) is 59.6 Å². The number of aromatic amines is 1.